The zero-order chi connectivity index (χ0) is 17.9. The average molecular weight is 343 g/mol. The van der Waals surface area contributed by atoms with Crippen LogP contribution < -0.4 is 0 Å². The molecule has 1 aliphatic heterocycles. The summed E-state index contributed by atoms with van der Waals surface area (Å²) in [6.07, 6.45) is -1.74. The van der Waals surface area contributed by atoms with Crippen LogP contribution in [0.2, 0.25) is 0 Å². The summed E-state index contributed by atoms with van der Waals surface area (Å²) in [5.74, 6) is -2.16. The zero-order valence-electron chi connectivity index (χ0n) is 13.6. The lowest BCUT2D eigenvalue weighted by Crippen LogP contribution is -2.56. The summed E-state index contributed by atoms with van der Waals surface area (Å²) < 4.78 is 39.7. The molecular weight excluding hydrogens is 323 g/mol. The maximum atomic E-state index is 13.2. The summed E-state index contributed by atoms with van der Waals surface area (Å²) in [5.41, 5.74) is -1.13. The molecule has 3 atom stereocenters. The van der Waals surface area contributed by atoms with Crippen molar-refractivity contribution in [2.45, 2.75) is 51.2 Å². The Kier molecular flexibility index (Phi) is 3.81. The number of aliphatic carboxylic acids is 1. The first kappa shape index (κ1) is 17.0. The van der Waals surface area contributed by atoms with Gasteiger partial charge in [-0.3, -0.25) is 4.79 Å². The van der Waals surface area contributed by atoms with Gasteiger partial charge in [0.2, 0.25) is 5.91 Å². The van der Waals surface area contributed by atoms with Gasteiger partial charge >= 0.3 is 12.1 Å². The number of carboxylic acid groups (broad SMARTS) is 1. The van der Waals surface area contributed by atoms with Gasteiger partial charge in [-0.05, 0) is 25.7 Å². The number of fused-ring (bicyclic) bond motifs is 3. The maximum absolute atomic E-state index is 13.2. The van der Waals surface area contributed by atoms with Gasteiger partial charge in [0.1, 0.15) is 0 Å². The molecule has 3 rings (SSSR count). The Hall–Kier alpha value is -1.79. The predicted octanol–water partition coefficient (Wildman–Crippen LogP) is 3.30. The quantitative estimate of drug-likeness (QED) is 0.743. The van der Waals surface area contributed by atoms with Crippen molar-refractivity contribution in [3.63, 3.8) is 0 Å². The average Bonchev–Trinajstić information content (AvgIpc) is 2.49. The third-order valence-corrected chi connectivity index (χ3v) is 5.99. The van der Waals surface area contributed by atoms with Gasteiger partial charge in [-0.25, -0.2) is 4.79 Å². The number of hydrogen-bond acceptors (Lipinski definition) is 2. The van der Waals surface area contributed by atoms with Crippen molar-refractivity contribution in [1.29, 1.82) is 0 Å². The number of halogens is 3. The van der Waals surface area contributed by atoms with Crippen molar-refractivity contribution >= 4 is 11.9 Å². The smallest absolute Gasteiger partial charge is 0.413 e. The van der Waals surface area contributed by atoms with Gasteiger partial charge in [-0.2, -0.15) is 13.2 Å². The third-order valence-electron chi connectivity index (χ3n) is 5.99. The molecular formula is C17H20F3NO3. The maximum Gasteiger partial charge on any atom is 0.413 e. The van der Waals surface area contributed by atoms with Crippen LogP contribution in [0.5, 0.6) is 0 Å². The molecule has 2 fully saturated rings. The number of rotatable bonds is 1. The molecule has 0 aromatic heterocycles. The molecule has 0 unspecified atom stereocenters. The van der Waals surface area contributed by atoms with Crippen LogP contribution in [0, 0.1) is 11.3 Å². The lowest BCUT2D eigenvalue weighted by Gasteiger charge is -2.54. The van der Waals surface area contributed by atoms with Gasteiger partial charge < -0.3 is 10.0 Å². The van der Waals surface area contributed by atoms with Crippen molar-refractivity contribution in [2.24, 2.45) is 11.3 Å². The van der Waals surface area contributed by atoms with Crippen LogP contribution in [-0.4, -0.2) is 41.1 Å². The molecule has 24 heavy (non-hydrogen) atoms. The Balaban J connectivity index is 2.05. The van der Waals surface area contributed by atoms with Crippen molar-refractivity contribution in [3.05, 3.63) is 22.8 Å². The summed E-state index contributed by atoms with van der Waals surface area (Å²) in [6.45, 7) is 1.96. The Morgan fingerprint density at radius 3 is 2.62 bits per heavy atom. The van der Waals surface area contributed by atoms with E-state index in [-0.39, 0.29) is 11.9 Å². The first-order valence-corrected chi connectivity index (χ1v) is 8.07. The minimum Gasteiger partial charge on any atom is -0.478 e. The molecule has 1 amide bonds. The first-order chi connectivity index (χ1) is 11.1. The van der Waals surface area contributed by atoms with Crippen LogP contribution in [0.3, 0.4) is 0 Å². The van der Waals surface area contributed by atoms with E-state index >= 15 is 0 Å². The number of amides is 1. The van der Waals surface area contributed by atoms with Gasteiger partial charge in [0.05, 0.1) is 5.57 Å². The van der Waals surface area contributed by atoms with E-state index in [0.29, 0.717) is 25.7 Å². The van der Waals surface area contributed by atoms with Gasteiger partial charge in [-0.15, -0.1) is 0 Å². The molecule has 0 bridgehead atoms. The number of piperidine rings is 1. The van der Waals surface area contributed by atoms with E-state index in [1.807, 2.05) is 6.92 Å². The summed E-state index contributed by atoms with van der Waals surface area (Å²) in [5, 5.41) is 9.44. The summed E-state index contributed by atoms with van der Waals surface area (Å²) in [7, 11) is 1.73. The first-order valence-electron chi connectivity index (χ1n) is 8.07. The number of carboxylic acids is 1. The van der Waals surface area contributed by atoms with Crippen LogP contribution in [0.4, 0.5) is 13.2 Å². The van der Waals surface area contributed by atoms with E-state index in [1.165, 1.54) is 0 Å². The predicted molar refractivity (Wildman–Crippen MR) is 80.0 cm³/mol. The van der Waals surface area contributed by atoms with Crippen molar-refractivity contribution in [1.82, 2.24) is 4.90 Å². The number of nitrogens with zero attached hydrogens (tertiary/aromatic N) is 1. The highest BCUT2D eigenvalue weighted by atomic mass is 19.4. The molecule has 0 aromatic carbocycles. The highest BCUT2D eigenvalue weighted by Crippen LogP contribution is 2.56. The molecule has 1 N–H and O–H groups in total. The minimum absolute atomic E-state index is 0.0392. The van der Waals surface area contributed by atoms with Crippen molar-refractivity contribution < 1.29 is 27.9 Å². The molecule has 1 saturated carbocycles. The Morgan fingerprint density at radius 2 is 2.04 bits per heavy atom. The second-order valence-corrected chi connectivity index (χ2v) is 7.13. The molecule has 4 nitrogen and oxygen atoms in total. The molecule has 7 heteroatoms. The largest absolute Gasteiger partial charge is 0.478 e. The highest BCUT2D eigenvalue weighted by Gasteiger charge is 2.53. The van der Waals surface area contributed by atoms with Crippen LogP contribution in [0.25, 0.3) is 0 Å². The van der Waals surface area contributed by atoms with E-state index in [0.717, 1.165) is 5.57 Å². The van der Waals surface area contributed by atoms with Crippen molar-refractivity contribution in [3.8, 4) is 0 Å². The van der Waals surface area contributed by atoms with Gasteiger partial charge in [0, 0.05) is 36.4 Å². The van der Waals surface area contributed by atoms with Crippen LogP contribution >= 0.6 is 0 Å². The normalized spacial score (nSPS) is 33.8. The number of carbonyl (C=O) groups excluding carboxylic acids is 1. The standard InChI is InChI=1S/C17H20F3NO3/c1-16-8-7-13(22)21(2)12(16)6-3-9-10(16)4-5-11(17(18,19)20)14(9)15(23)24/h4,9,12H,3,5-8H2,1-2H3,(H,23,24)/t9-,12-,16-/m1/s1. The highest BCUT2D eigenvalue weighted by molar-refractivity contribution is 5.90. The van der Waals surface area contributed by atoms with E-state index < -0.39 is 41.0 Å². The molecule has 2 aliphatic carbocycles. The summed E-state index contributed by atoms with van der Waals surface area (Å²) >= 11 is 0. The summed E-state index contributed by atoms with van der Waals surface area (Å²) in [4.78, 5) is 25.2. The van der Waals surface area contributed by atoms with Gasteiger partial charge in [0.25, 0.3) is 0 Å². The lowest BCUT2D eigenvalue weighted by atomic mass is 9.57. The fourth-order valence-corrected chi connectivity index (χ4v) is 4.79. The Morgan fingerprint density at radius 1 is 1.38 bits per heavy atom. The number of alkyl halides is 3. The van der Waals surface area contributed by atoms with E-state index in [1.54, 1.807) is 18.0 Å². The number of hydrogen-bond donors (Lipinski definition) is 1. The van der Waals surface area contributed by atoms with Crippen LogP contribution in [0.15, 0.2) is 22.8 Å². The van der Waals surface area contributed by atoms with Gasteiger partial charge in [-0.1, -0.05) is 18.6 Å². The van der Waals surface area contributed by atoms with E-state index in [4.69, 9.17) is 0 Å². The second-order valence-electron chi connectivity index (χ2n) is 7.13. The zero-order valence-corrected chi connectivity index (χ0v) is 13.6. The van der Waals surface area contributed by atoms with Crippen LogP contribution in [-0.2, 0) is 9.59 Å². The van der Waals surface area contributed by atoms with Gasteiger partial charge in [0.15, 0.2) is 0 Å². The van der Waals surface area contributed by atoms with Crippen molar-refractivity contribution in [2.75, 3.05) is 7.05 Å². The SMILES string of the molecule is CN1C(=O)CC[C@]2(C)C3=CCC(C(F)(F)F)=C(C(=O)O)[C@@H]3CC[C@@H]12. The Labute approximate surface area is 138 Å². The second kappa shape index (κ2) is 5.36. The molecule has 0 spiro atoms. The molecule has 3 aliphatic rings. The van der Waals surface area contributed by atoms with E-state index in [2.05, 4.69) is 0 Å². The number of allylic oxidation sites excluding steroid dienone is 2. The molecule has 132 valence electrons. The molecule has 0 aromatic rings. The molecule has 0 radical (unpaired) electrons. The molecule has 1 heterocycles. The Bertz CT molecular complexity index is 664. The van der Waals surface area contributed by atoms with Crippen LogP contribution in [0.1, 0.15) is 39.0 Å². The van der Waals surface area contributed by atoms with E-state index in [9.17, 15) is 27.9 Å². The lowest BCUT2D eigenvalue weighted by molar-refractivity contribution is -0.141. The number of likely N-dealkylation sites (tertiary alicyclic amines) is 1. The fourth-order valence-electron chi connectivity index (χ4n) is 4.79. The topological polar surface area (TPSA) is 57.6 Å². The fraction of sp³-hybridized carbons (Fsp3) is 0.647. The third kappa shape index (κ3) is 2.36. The summed E-state index contributed by atoms with van der Waals surface area (Å²) in [6, 6.07) is -0.0799. The number of carbonyl (C=O) groups is 2. The minimum atomic E-state index is -4.63. The molecule has 1 saturated heterocycles. The monoisotopic (exact) mass is 343 g/mol.